The Hall–Kier alpha value is -2.19. The van der Waals surface area contributed by atoms with Gasteiger partial charge in [-0.1, -0.05) is 11.6 Å². The van der Waals surface area contributed by atoms with Crippen LogP contribution in [0.25, 0.3) is 5.82 Å². The first-order chi connectivity index (χ1) is 12.2. The van der Waals surface area contributed by atoms with Crippen LogP contribution in [0, 0.1) is 0 Å². The minimum absolute atomic E-state index is 0.659. The van der Waals surface area contributed by atoms with Gasteiger partial charge in [0.2, 0.25) is 0 Å². The maximum absolute atomic E-state index is 6.30. The number of rotatable bonds is 3. The predicted molar refractivity (Wildman–Crippen MR) is 101 cm³/mol. The SMILES string of the molecule is Clc1cc(Br)cnc1N1CCN(c2ccc(-n3cccn3)nn2)CC1. The Labute approximate surface area is 158 Å². The second-order valence-corrected chi connectivity index (χ2v) is 6.96. The zero-order valence-electron chi connectivity index (χ0n) is 13.3. The molecule has 7 nitrogen and oxygen atoms in total. The molecule has 1 saturated heterocycles. The van der Waals surface area contributed by atoms with Gasteiger partial charge in [-0.15, -0.1) is 10.2 Å². The average Bonchev–Trinajstić information content (AvgIpc) is 3.17. The molecule has 0 aliphatic carbocycles. The summed E-state index contributed by atoms with van der Waals surface area (Å²) in [4.78, 5) is 8.83. The molecule has 4 rings (SSSR count). The van der Waals surface area contributed by atoms with Crippen molar-refractivity contribution in [1.29, 1.82) is 0 Å². The highest BCUT2D eigenvalue weighted by Gasteiger charge is 2.21. The van der Waals surface area contributed by atoms with Crippen LogP contribution < -0.4 is 9.80 Å². The second kappa shape index (κ2) is 6.97. The van der Waals surface area contributed by atoms with E-state index in [-0.39, 0.29) is 0 Å². The van der Waals surface area contributed by atoms with Crippen LogP contribution in [0.2, 0.25) is 5.02 Å². The Morgan fingerprint density at radius 2 is 1.72 bits per heavy atom. The summed E-state index contributed by atoms with van der Waals surface area (Å²) in [6.07, 6.45) is 5.33. The van der Waals surface area contributed by atoms with Crippen molar-refractivity contribution in [2.24, 2.45) is 0 Å². The minimum atomic E-state index is 0.659. The lowest BCUT2D eigenvalue weighted by atomic mass is 10.3. The van der Waals surface area contributed by atoms with Crippen molar-refractivity contribution in [3.8, 4) is 5.82 Å². The average molecular weight is 421 g/mol. The van der Waals surface area contributed by atoms with E-state index < -0.39 is 0 Å². The summed E-state index contributed by atoms with van der Waals surface area (Å²) in [5, 5.41) is 13.4. The molecule has 0 amide bonds. The summed E-state index contributed by atoms with van der Waals surface area (Å²) in [6.45, 7) is 3.33. The summed E-state index contributed by atoms with van der Waals surface area (Å²) in [7, 11) is 0. The number of pyridine rings is 1. The zero-order valence-corrected chi connectivity index (χ0v) is 15.6. The third kappa shape index (κ3) is 3.45. The van der Waals surface area contributed by atoms with Gasteiger partial charge in [0, 0.05) is 49.2 Å². The highest BCUT2D eigenvalue weighted by atomic mass is 79.9. The van der Waals surface area contributed by atoms with Gasteiger partial charge in [0.05, 0.1) is 5.02 Å². The number of hydrogen-bond donors (Lipinski definition) is 0. The molecule has 0 radical (unpaired) electrons. The van der Waals surface area contributed by atoms with Crippen LogP contribution in [0.4, 0.5) is 11.6 Å². The van der Waals surface area contributed by atoms with Gasteiger partial charge < -0.3 is 9.80 Å². The molecular weight excluding hydrogens is 406 g/mol. The zero-order chi connectivity index (χ0) is 17.2. The van der Waals surface area contributed by atoms with E-state index in [2.05, 4.69) is 46.0 Å². The quantitative estimate of drug-likeness (QED) is 0.649. The maximum Gasteiger partial charge on any atom is 0.175 e. The summed E-state index contributed by atoms with van der Waals surface area (Å²) in [6, 6.07) is 7.63. The van der Waals surface area contributed by atoms with Gasteiger partial charge in [-0.25, -0.2) is 9.67 Å². The fraction of sp³-hybridized carbons (Fsp3) is 0.250. The molecule has 3 aromatic rings. The molecule has 9 heteroatoms. The van der Waals surface area contributed by atoms with Crippen LogP contribution in [0.3, 0.4) is 0 Å². The minimum Gasteiger partial charge on any atom is -0.352 e. The molecule has 0 bridgehead atoms. The summed E-state index contributed by atoms with van der Waals surface area (Å²) in [5.41, 5.74) is 0. The number of anilines is 2. The first kappa shape index (κ1) is 16.3. The van der Waals surface area contributed by atoms with Crippen LogP contribution in [0.15, 0.2) is 47.3 Å². The monoisotopic (exact) mass is 419 g/mol. The van der Waals surface area contributed by atoms with E-state index in [1.807, 2.05) is 30.5 Å². The second-order valence-electron chi connectivity index (χ2n) is 5.63. The Balaban J connectivity index is 1.43. The third-order valence-electron chi connectivity index (χ3n) is 4.07. The number of piperazine rings is 1. The van der Waals surface area contributed by atoms with Crippen molar-refractivity contribution < 1.29 is 0 Å². The van der Waals surface area contributed by atoms with Crippen LogP contribution in [0.5, 0.6) is 0 Å². The lowest BCUT2D eigenvalue weighted by Gasteiger charge is -2.36. The fourth-order valence-electron chi connectivity index (χ4n) is 2.80. The Morgan fingerprint density at radius 1 is 1.00 bits per heavy atom. The molecule has 1 fully saturated rings. The van der Waals surface area contributed by atoms with Crippen molar-refractivity contribution in [3.05, 3.63) is 52.4 Å². The van der Waals surface area contributed by atoms with Gasteiger partial charge in [-0.2, -0.15) is 5.10 Å². The molecule has 1 aliphatic rings. The molecule has 25 heavy (non-hydrogen) atoms. The van der Waals surface area contributed by atoms with E-state index in [1.165, 1.54) is 0 Å². The van der Waals surface area contributed by atoms with Gasteiger partial charge in [0.25, 0.3) is 0 Å². The number of hydrogen-bond acceptors (Lipinski definition) is 6. The van der Waals surface area contributed by atoms with Crippen molar-refractivity contribution in [3.63, 3.8) is 0 Å². The Bertz CT molecular complexity index is 845. The Morgan fingerprint density at radius 3 is 2.36 bits per heavy atom. The summed E-state index contributed by atoms with van der Waals surface area (Å²) in [5.74, 6) is 2.40. The van der Waals surface area contributed by atoms with Crippen LogP contribution in [-0.2, 0) is 0 Å². The van der Waals surface area contributed by atoms with Gasteiger partial charge in [-0.05, 0) is 40.2 Å². The molecule has 0 unspecified atom stereocenters. The van der Waals surface area contributed by atoms with E-state index in [9.17, 15) is 0 Å². The molecule has 128 valence electrons. The summed E-state index contributed by atoms with van der Waals surface area (Å²) >= 11 is 9.69. The molecule has 0 N–H and O–H groups in total. The molecule has 0 atom stereocenters. The molecule has 0 spiro atoms. The lowest BCUT2D eigenvalue weighted by Crippen LogP contribution is -2.47. The molecule has 4 heterocycles. The van der Waals surface area contributed by atoms with E-state index in [0.717, 1.165) is 42.3 Å². The maximum atomic E-state index is 6.30. The third-order valence-corrected chi connectivity index (χ3v) is 4.78. The van der Waals surface area contributed by atoms with Gasteiger partial charge in [0.15, 0.2) is 11.6 Å². The molecule has 0 saturated carbocycles. The smallest absolute Gasteiger partial charge is 0.175 e. The predicted octanol–water partition coefficient (Wildman–Crippen LogP) is 2.80. The highest BCUT2D eigenvalue weighted by Crippen LogP contribution is 2.27. The van der Waals surface area contributed by atoms with E-state index in [1.54, 1.807) is 17.1 Å². The first-order valence-electron chi connectivity index (χ1n) is 7.85. The lowest BCUT2D eigenvalue weighted by molar-refractivity contribution is 0.637. The standard InChI is InChI=1S/C16H15BrClN7/c17-12-10-13(18)16(19-11-12)24-8-6-23(7-9-24)14-2-3-15(22-21-14)25-5-1-4-20-25/h1-5,10-11H,6-9H2. The molecule has 0 aromatic carbocycles. The van der Waals surface area contributed by atoms with Crippen molar-refractivity contribution in [2.45, 2.75) is 0 Å². The van der Waals surface area contributed by atoms with Crippen LogP contribution in [0.1, 0.15) is 0 Å². The largest absolute Gasteiger partial charge is 0.352 e. The van der Waals surface area contributed by atoms with Crippen LogP contribution in [-0.4, -0.2) is 51.1 Å². The Kier molecular flexibility index (Phi) is 4.54. The van der Waals surface area contributed by atoms with Crippen molar-refractivity contribution in [2.75, 3.05) is 36.0 Å². The van der Waals surface area contributed by atoms with Gasteiger partial charge in [-0.3, -0.25) is 0 Å². The van der Waals surface area contributed by atoms with Crippen molar-refractivity contribution >= 4 is 39.2 Å². The van der Waals surface area contributed by atoms with Gasteiger partial charge >= 0.3 is 0 Å². The van der Waals surface area contributed by atoms with E-state index >= 15 is 0 Å². The number of halogens is 2. The van der Waals surface area contributed by atoms with Gasteiger partial charge in [0.1, 0.15) is 5.82 Å². The first-order valence-corrected chi connectivity index (χ1v) is 9.02. The molecule has 3 aromatic heterocycles. The highest BCUT2D eigenvalue weighted by molar-refractivity contribution is 9.10. The molecular formula is C16H15BrClN7. The fourth-order valence-corrected chi connectivity index (χ4v) is 3.55. The number of aromatic nitrogens is 5. The normalized spacial score (nSPS) is 14.8. The topological polar surface area (TPSA) is 63.0 Å². The van der Waals surface area contributed by atoms with E-state index in [0.29, 0.717) is 10.8 Å². The number of nitrogens with zero attached hydrogens (tertiary/aromatic N) is 7. The summed E-state index contributed by atoms with van der Waals surface area (Å²) < 4.78 is 2.57. The van der Waals surface area contributed by atoms with E-state index in [4.69, 9.17) is 11.6 Å². The molecule has 1 aliphatic heterocycles. The van der Waals surface area contributed by atoms with Crippen molar-refractivity contribution in [1.82, 2.24) is 25.0 Å². The van der Waals surface area contributed by atoms with Crippen LogP contribution >= 0.6 is 27.5 Å².